The van der Waals surface area contributed by atoms with E-state index in [0.717, 1.165) is 9.13 Å². The summed E-state index contributed by atoms with van der Waals surface area (Å²) in [4.78, 5) is 10.7. The second-order valence-corrected chi connectivity index (χ2v) is 5.70. The maximum absolute atomic E-state index is 11.1. The molecular weight excluding hydrogens is 369 g/mol. The highest BCUT2D eigenvalue weighted by Crippen LogP contribution is 2.29. The fraction of sp³-hybridized carbons (Fsp3) is 0.143. The smallest absolute Gasteiger partial charge is 0.293 e. The Morgan fingerprint density at radius 2 is 1.90 bits per heavy atom. The van der Waals surface area contributed by atoms with Gasteiger partial charge in [0.1, 0.15) is 5.69 Å². The van der Waals surface area contributed by atoms with Gasteiger partial charge < -0.3 is 11.1 Å². The van der Waals surface area contributed by atoms with Crippen molar-refractivity contribution in [3.63, 3.8) is 0 Å². The molecule has 0 aliphatic rings. The average Bonchev–Trinajstić information content (AvgIpc) is 2.41. The predicted molar refractivity (Wildman–Crippen MR) is 88.7 cm³/mol. The van der Waals surface area contributed by atoms with Crippen molar-refractivity contribution in [3.05, 3.63) is 61.7 Å². The van der Waals surface area contributed by atoms with E-state index in [1.165, 1.54) is 0 Å². The van der Waals surface area contributed by atoms with Gasteiger partial charge in [-0.1, -0.05) is 12.1 Å². The van der Waals surface area contributed by atoms with Gasteiger partial charge in [0.25, 0.3) is 5.69 Å². The number of nitrogens with one attached hydrogen (secondary N) is 1. The Morgan fingerprint density at radius 3 is 2.50 bits per heavy atom. The van der Waals surface area contributed by atoms with Gasteiger partial charge in [-0.2, -0.15) is 0 Å². The van der Waals surface area contributed by atoms with Gasteiger partial charge in [0.15, 0.2) is 0 Å². The molecule has 5 nitrogen and oxygen atoms in total. The third kappa shape index (κ3) is 3.38. The van der Waals surface area contributed by atoms with Crippen LogP contribution in [0.15, 0.2) is 42.5 Å². The van der Waals surface area contributed by atoms with Crippen LogP contribution >= 0.6 is 22.6 Å². The van der Waals surface area contributed by atoms with E-state index in [4.69, 9.17) is 5.73 Å². The lowest BCUT2D eigenvalue weighted by atomic mass is 10.1. The molecule has 2 aromatic rings. The fourth-order valence-electron chi connectivity index (χ4n) is 1.88. The number of hydrogen-bond donors (Lipinski definition) is 2. The number of nitrogens with two attached hydrogens (primary N) is 1. The highest BCUT2D eigenvalue weighted by atomic mass is 127. The molecule has 0 heterocycles. The van der Waals surface area contributed by atoms with E-state index in [1.807, 2.05) is 37.3 Å². The first-order chi connectivity index (χ1) is 9.47. The topological polar surface area (TPSA) is 81.2 Å². The molecule has 0 radical (unpaired) electrons. The van der Waals surface area contributed by atoms with Gasteiger partial charge in [-0.15, -0.1) is 0 Å². The Morgan fingerprint density at radius 1 is 1.25 bits per heavy atom. The summed E-state index contributed by atoms with van der Waals surface area (Å²) >= 11 is 2.06. The standard InChI is InChI=1S/C14H14IN3O2/c1-9(10-2-5-12(16)6-3-10)17-13-7-4-11(15)8-14(13)18(19)20/h2-9,17H,16H2,1H3. The minimum atomic E-state index is -0.375. The first-order valence-electron chi connectivity index (χ1n) is 6.03. The van der Waals surface area contributed by atoms with E-state index in [0.29, 0.717) is 11.4 Å². The second kappa shape index (κ2) is 6.08. The number of benzene rings is 2. The van der Waals surface area contributed by atoms with Crippen LogP contribution in [0.4, 0.5) is 17.1 Å². The maximum atomic E-state index is 11.1. The molecule has 3 N–H and O–H groups in total. The number of nitro groups is 1. The molecule has 6 heteroatoms. The van der Waals surface area contributed by atoms with Crippen LogP contribution in [0.1, 0.15) is 18.5 Å². The highest BCUT2D eigenvalue weighted by molar-refractivity contribution is 14.1. The number of nitrogens with zero attached hydrogens (tertiary/aromatic N) is 1. The van der Waals surface area contributed by atoms with Crippen LogP contribution < -0.4 is 11.1 Å². The third-order valence-electron chi connectivity index (χ3n) is 2.96. The summed E-state index contributed by atoms with van der Waals surface area (Å²) in [5.41, 5.74) is 7.96. The largest absolute Gasteiger partial charge is 0.399 e. The normalized spacial score (nSPS) is 11.9. The number of nitrogen functional groups attached to an aromatic ring is 1. The fourth-order valence-corrected chi connectivity index (χ4v) is 2.35. The molecule has 0 saturated carbocycles. The maximum Gasteiger partial charge on any atom is 0.293 e. The summed E-state index contributed by atoms with van der Waals surface area (Å²) in [6, 6.07) is 12.5. The van der Waals surface area contributed by atoms with Crippen LogP contribution in [-0.4, -0.2) is 4.92 Å². The Hall–Kier alpha value is -1.83. The Labute approximate surface area is 130 Å². The molecule has 0 amide bonds. The molecule has 0 saturated heterocycles. The van der Waals surface area contributed by atoms with Gasteiger partial charge in [0.2, 0.25) is 0 Å². The van der Waals surface area contributed by atoms with Gasteiger partial charge >= 0.3 is 0 Å². The first kappa shape index (κ1) is 14.6. The molecule has 0 spiro atoms. The van der Waals surface area contributed by atoms with Crippen LogP contribution in [0.5, 0.6) is 0 Å². The van der Waals surface area contributed by atoms with Gasteiger partial charge in [-0.3, -0.25) is 10.1 Å². The minimum Gasteiger partial charge on any atom is -0.399 e. The molecule has 0 aromatic heterocycles. The summed E-state index contributed by atoms with van der Waals surface area (Å²) in [5, 5.41) is 14.3. The lowest BCUT2D eigenvalue weighted by Crippen LogP contribution is -2.08. The van der Waals surface area contributed by atoms with E-state index in [2.05, 4.69) is 27.9 Å². The van der Waals surface area contributed by atoms with Gasteiger partial charge in [-0.05, 0) is 59.3 Å². The van der Waals surface area contributed by atoms with Crippen molar-refractivity contribution in [2.24, 2.45) is 0 Å². The van der Waals surface area contributed by atoms with Crippen LogP contribution in [0.2, 0.25) is 0 Å². The van der Waals surface area contributed by atoms with E-state index in [9.17, 15) is 10.1 Å². The number of halogens is 1. The average molecular weight is 383 g/mol. The summed E-state index contributed by atoms with van der Waals surface area (Å²) < 4.78 is 0.833. The van der Waals surface area contributed by atoms with Crippen molar-refractivity contribution in [2.45, 2.75) is 13.0 Å². The minimum absolute atomic E-state index is 0.0469. The van der Waals surface area contributed by atoms with Crippen LogP contribution in [0, 0.1) is 13.7 Å². The van der Waals surface area contributed by atoms with Crippen molar-refractivity contribution < 1.29 is 4.92 Å². The zero-order chi connectivity index (χ0) is 14.7. The van der Waals surface area contributed by atoms with Crippen molar-refractivity contribution in [3.8, 4) is 0 Å². The highest BCUT2D eigenvalue weighted by Gasteiger charge is 2.16. The number of nitro benzene ring substituents is 1. The van der Waals surface area contributed by atoms with Crippen molar-refractivity contribution >= 4 is 39.7 Å². The summed E-state index contributed by atoms with van der Waals surface area (Å²) in [6.07, 6.45) is 0. The van der Waals surface area contributed by atoms with Crippen LogP contribution in [0.25, 0.3) is 0 Å². The molecule has 0 fully saturated rings. The van der Waals surface area contributed by atoms with Crippen molar-refractivity contribution in [2.75, 3.05) is 11.1 Å². The Kier molecular flexibility index (Phi) is 4.43. The Bertz CT molecular complexity index is 629. The molecule has 1 atom stereocenters. The molecule has 20 heavy (non-hydrogen) atoms. The van der Waals surface area contributed by atoms with Crippen molar-refractivity contribution in [1.82, 2.24) is 0 Å². The lowest BCUT2D eigenvalue weighted by Gasteiger charge is -2.16. The third-order valence-corrected chi connectivity index (χ3v) is 3.64. The molecule has 2 aromatic carbocycles. The molecule has 0 aliphatic carbocycles. The molecule has 0 bridgehead atoms. The number of hydrogen-bond acceptors (Lipinski definition) is 4. The zero-order valence-corrected chi connectivity index (χ0v) is 13.0. The lowest BCUT2D eigenvalue weighted by molar-refractivity contribution is -0.384. The molecule has 1 unspecified atom stereocenters. The van der Waals surface area contributed by atoms with E-state index in [1.54, 1.807) is 12.1 Å². The monoisotopic (exact) mass is 383 g/mol. The zero-order valence-electron chi connectivity index (χ0n) is 10.8. The summed E-state index contributed by atoms with van der Waals surface area (Å²) in [6.45, 7) is 1.95. The molecule has 104 valence electrons. The van der Waals surface area contributed by atoms with Crippen LogP contribution in [-0.2, 0) is 0 Å². The Balaban J connectivity index is 2.25. The van der Waals surface area contributed by atoms with Gasteiger partial charge in [-0.25, -0.2) is 0 Å². The van der Waals surface area contributed by atoms with E-state index in [-0.39, 0.29) is 16.7 Å². The van der Waals surface area contributed by atoms with E-state index >= 15 is 0 Å². The van der Waals surface area contributed by atoms with Crippen molar-refractivity contribution in [1.29, 1.82) is 0 Å². The van der Waals surface area contributed by atoms with E-state index < -0.39 is 0 Å². The second-order valence-electron chi connectivity index (χ2n) is 4.45. The molecular formula is C14H14IN3O2. The molecule has 0 aliphatic heterocycles. The SMILES string of the molecule is CC(Nc1ccc(I)cc1[N+](=O)[O-])c1ccc(N)cc1. The van der Waals surface area contributed by atoms with Gasteiger partial charge in [0, 0.05) is 21.4 Å². The summed E-state index contributed by atoms with van der Waals surface area (Å²) in [7, 11) is 0. The molecule has 2 rings (SSSR count). The first-order valence-corrected chi connectivity index (χ1v) is 7.11. The number of anilines is 2. The van der Waals surface area contributed by atoms with Gasteiger partial charge in [0.05, 0.1) is 4.92 Å². The predicted octanol–water partition coefficient (Wildman–Crippen LogP) is 3.95. The number of rotatable bonds is 4. The quantitative estimate of drug-likeness (QED) is 0.363. The summed E-state index contributed by atoms with van der Waals surface area (Å²) in [5.74, 6) is 0. The van der Waals surface area contributed by atoms with Crippen LogP contribution in [0.3, 0.4) is 0 Å².